The fraction of sp³-hybridized carbons (Fsp3) is 0.179. The number of rotatable bonds is 6. The number of hydrogen-bond acceptors (Lipinski definition) is 5. The predicted octanol–water partition coefficient (Wildman–Crippen LogP) is 6.01. The molecule has 1 aliphatic rings. The first-order valence-electron chi connectivity index (χ1n) is 11.5. The van der Waals surface area contributed by atoms with Gasteiger partial charge in [-0.1, -0.05) is 66.7 Å². The van der Waals surface area contributed by atoms with Gasteiger partial charge in [0.15, 0.2) is 0 Å². The minimum Gasteiger partial charge on any atom is -0.497 e. The van der Waals surface area contributed by atoms with Gasteiger partial charge in [-0.15, -0.1) is 0 Å². The van der Waals surface area contributed by atoms with E-state index in [1.807, 2.05) is 79.7 Å². The third-order valence-corrected chi connectivity index (χ3v) is 6.18. The smallest absolute Gasteiger partial charge is 0.326 e. The van der Waals surface area contributed by atoms with E-state index in [0.717, 1.165) is 40.1 Å². The molecule has 1 unspecified atom stereocenters. The van der Waals surface area contributed by atoms with Crippen molar-refractivity contribution < 1.29 is 14.1 Å². The fourth-order valence-corrected chi connectivity index (χ4v) is 4.35. The molecule has 0 saturated carbocycles. The number of nitrogens with one attached hydrogen (secondary N) is 1. The van der Waals surface area contributed by atoms with Gasteiger partial charge in [-0.25, -0.2) is 4.79 Å². The number of aromatic nitrogens is 2. The Labute approximate surface area is 204 Å². The molecular formula is C28H26N4O3. The van der Waals surface area contributed by atoms with Gasteiger partial charge in [0.25, 0.3) is 5.89 Å². The summed E-state index contributed by atoms with van der Waals surface area (Å²) in [6, 6.07) is 24.6. The van der Waals surface area contributed by atoms with Gasteiger partial charge in [0, 0.05) is 11.3 Å². The van der Waals surface area contributed by atoms with Crippen molar-refractivity contribution in [1.82, 2.24) is 15.5 Å². The van der Waals surface area contributed by atoms with Crippen LogP contribution in [0.1, 0.15) is 36.9 Å². The number of hydrogen-bond donors (Lipinski definition) is 1. The van der Waals surface area contributed by atoms with Gasteiger partial charge in [-0.05, 0) is 48.7 Å². The zero-order chi connectivity index (χ0) is 24.4. The number of aryl methyl sites for hydroxylation is 1. The molecule has 2 amide bonds. The molecule has 1 atom stereocenters. The Morgan fingerprint density at radius 3 is 2.60 bits per heavy atom. The van der Waals surface area contributed by atoms with Crippen molar-refractivity contribution in [1.29, 1.82) is 0 Å². The van der Waals surface area contributed by atoms with Crippen molar-refractivity contribution in [3.63, 3.8) is 0 Å². The third-order valence-electron chi connectivity index (χ3n) is 6.18. The lowest BCUT2D eigenvalue weighted by molar-refractivity contribution is 0.244. The highest BCUT2D eigenvalue weighted by Gasteiger charge is 2.36. The van der Waals surface area contributed by atoms with Crippen LogP contribution in [0.2, 0.25) is 0 Å². The summed E-state index contributed by atoms with van der Waals surface area (Å²) in [5, 5.41) is 7.38. The van der Waals surface area contributed by atoms with Gasteiger partial charge in [0.1, 0.15) is 5.75 Å². The molecule has 1 N–H and O–H groups in total. The van der Waals surface area contributed by atoms with Gasteiger partial charge < -0.3 is 14.6 Å². The molecular weight excluding hydrogens is 440 g/mol. The second kappa shape index (κ2) is 9.46. The third kappa shape index (κ3) is 4.28. The fourth-order valence-electron chi connectivity index (χ4n) is 4.35. The zero-order valence-electron chi connectivity index (χ0n) is 19.9. The topological polar surface area (TPSA) is 80.5 Å². The molecule has 4 aromatic rings. The van der Waals surface area contributed by atoms with E-state index >= 15 is 0 Å². The zero-order valence-corrected chi connectivity index (χ0v) is 19.9. The normalized spacial score (nSPS) is 15.8. The van der Waals surface area contributed by atoms with Crippen LogP contribution in [0.25, 0.3) is 17.0 Å². The van der Waals surface area contributed by atoms with Crippen LogP contribution in [0.3, 0.4) is 0 Å². The molecule has 1 aliphatic heterocycles. The Hall–Kier alpha value is -4.39. The SMILES string of the molecule is CCc1cccc(N2C(=O)NC(c3ccccc3)C(c3nc(-c4cccc(OC)c4)no3)=C2C)c1. The molecule has 0 fully saturated rings. The van der Waals surface area contributed by atoms with Crippen LogP contribution >= 0.6 is 0 Å². The number of nitrogens with zero attached hydrogens (tertiary/aromatic N) is 3. The molecule has 0 aliphatic carbocycles. The van der Waals surface area contributed by atoms with E-state index in [2.05, 4.69) is 23.5 Å². The number of methoxy groups -OCH3 is 1. The number of benzene rings is 3. The standard InChI is InChI=1S/C28H26N4O3/c1-4-19-10-8-14-22(16-19)32-18(2)24(25(29-28(32)33)20-11-6-5-7-12-20)27-30-26(31-35-27)21-13-9-15-23(17-21)34-3/h5-17,25H,4H2,1-3H3,(H,29,33). The maximum Gasteiger partial charge on any atom is 0.326 e. The second-order valence-corrected chi connectivity index (χ2v) is 8.31. The van der Waals surface area contributed by atoms with Crippen LogP contribution < -0.4 is 15.0 Å². The second-order valence-electron chi connectivity index (χ2n) is 8.31. The Balaban J connectivity index is 1.64. The van der Waals surface area contributed by atoms with Crippen LogP contribution in [0.15, 0.2) is 89.1 Å². The highest BCUT2D eigenvalue weighted by atomic mass is 16.5. The van der Waals surface area contributed by atoms with Gasteiger partial charge in [0.05, 0.1) is 24.4 Å². The lowest BCUT2D eigenvalue weighted by atomic mass is 9.94. The minimum absolute atomic E-state index is 0.208. The van der Waals surface area contributed by atoms with Crippen molar-refractivity contribution in [2.24, 2.45) is 0 Å². The Morgan fingerprint density at radius 1 is 1.03 bits per heavy atom. The largest absolute Gasteiger partial charge is 0.497 e. The highest BCUT2D eigenvalue weighted by molar-refractivity contribution is 6.01. The quantitative estimate of drug-likeness (QED) is 0.376. The summed E-state index contributed by atoms with van der Waals surface area (Å²) in [6.07, 6.45) is 0.874. The molecule has 0 radical (unpaired) electrons. The summed E-state index contributed by atoms with van der Waals surface area (Å²) in [4.78, 5) is 19.8. The van der Waals surface area contributed by atoms with Crippen molar-refractivity contribution in [2.45, 2.75) is 26.3 Å². The average molecular weight is 467 g/mol. The van der Waals surface area contributed by atoms with Crippen molar-refractivity contribution in [3.8, 4) is 17.1 Å². The first-order valence-corrected chi connectivity index (χ1v) is 11.5. The first kappa shape index (κ1) is 22.4. The van der Waals surface area contributed by atoms with Crippen molar-refractivity contribution in [2.75, 3.05) is 12.0 Å². The van der Waals surface area contributed by atoms with E-state index in [1.54, 1.807) is 12.0 Å². The molecule has 7 nitrogen and oxygen atoms in total. The number of allylic oxidation sites excluding steroid dienone is 1. The molecule has 2 heterocycles. The molecule has 7 heteroatoms. The molecule has 0 saturated heterocycles. The van der Waals surface area contributed by atoms with Crippen LogP contribution in [0, 0.1) is 0 Å². The molecule has 176 valence electrons. The molecule has 35 heavy (non-hydrogen) atoms. The molecule has 1 aromatic heterocycles. The Morgan fingerprint density at radius 2 is 1.83 bits per heavy atom. The van der Waals surface area contributed by atoms with E-state index in [-0.39, 0.29) is 6.03 Å². The van der Waals surface area contributed by atoms with Gasteiger partial charge >= 0.3 is 6.03 Å². The van der Waals surface area contributed by atoms with Crippen molar-refractivity contribution >= 4 is 17.3 Å². The number of urea groups is 1. The van der Waals surface area contributed by atoms with Gasteiger partial charge in [-0.2, -0.15) is 4.98 Å². The molecule has 0 spiro atoms. The Bertz CT molecular complexity index is 1390. The van der Waals surface area contributed by atoms with E-state index in [0.29, 0.717) is 17.5 Å². The maximum absolute atomic E-state index is 13.4. The van der Waals surface area contributed by atoms with Gasteiger partial charge in [0.2, 0.25) is 5.82 Å². The maximum atomic E-state index is 13.4. The lowest BCUT2D eigenvalue weighted by Crippen LogP contribution is -2.46. The van der Waals surface area contributed by atoms with E-state index in [4.69, 9.17) is 14.2 Å². The number of carbonyl (C=O) groups is 1. The van der Waals surface area contributed by atoms with E-state index in [9.17, 15) is 4.79 Å². The lowest BCUT2D eigenvalue weighted by Gasteiger charge is -2.35. The molecule has 0 bridgehead atoms. The van der Waals surface area contributed by atoms with Crippen LogP contribution in [-0.4, -0.2) is 23.3 Å². The summed E-state index contributed by atoms with van der Waals surface area (Å²) < 4.78 is 11.1. The highest BCUT2D eigenvalue weighted by Crippen LogP contribution is 2.39. The van der Waals surface area contributed by atoms with E-state index < -0.39 is 6.04 Å². The number of amides is 2. The summed E-state index contributed by atoms with van der Waals surface area (Å²) >= 11 is 0. The minimum atomic E-state index is -0.437. The number of anilines is 1. The predicted molar refractivity (Wildman–Crippen MR) is 135 cm³/mol. The van der Waals surface area contributed by atoms with Gasteiger partial charge in [-0.3, -0.25) is 4.90 Å². The summed E-state index contributed by atoms with van der Waals surface area (Å²) in [6.45, 7) is 4.01. The van der Waals surface area contributed by atoms with Crippen molar-refractivity contribution in [3.05, 3.63) is 102 Å². The first-order chi connectivity index (χ1) is 17.1. The molecule has 3 aromatic carbocycles. The number of carbonyl (C=O) groups excluding carboxylic acids is 1. The summed E-state index contributed by atoms with van der Waals surface area (Å²) in [5.74, 6) is 1.51. The average Bonchev–Trinajstić information content (AvgIpc) is 3.39. The van der Waals surface area contributed by atoms with Crippen LogP contribution in [-0.2, 0) is 6.42 Å². The van der Waals surface area contributed by atoms with Crippen LogP contribution in [0.5, 0.6) is 5.75 Å². The molecule has 5 rings (SSSR count). The summed E-state index contributed by atoms with van der Waals surface area (Å²) in [5.41, 5.74) is 5.12. The van der Waals surface area contributed by atoms with Crippen LogP contribution in [0.4, 0.5) is 10.5 Å². The van der Waals surface area contributed by atoms with E-state index in [1.165, 1.54) is 0 Å². The number of ether oxygens (including phenoxy) is 1. The Kier molecular flexibility index (Phi) is 6.06. The monoisotopic (exact) mass is 466 g/mol. The summed E-state index contributed by atoms with van der Waals surface area (Å²) in [7, 11) is 1.62.